The smallest absolute Gasteiger partial charge is 0.159 e. The van der Waals surface area contributed by atoms with Gasteiger partial charge in [-0.25, -0.2) is 0 Å². The number of para-hydroxylation sites is 3. The summed E-state index contributed by atoms with van der Waals surface area (Å²) >= 11 is 0. The maximum absolute atomic E-state index is 6.56. The van der Waals surface area contributed by atoms with E-state index in [-0.39, 0.29) is 6.17 Å². The SMILES string of the molecule is C1=C(c2ccccc2)NC(c2ccc3c4ccccc4n(-c4cccc5c4oc4ccccc45)c3c2)N=C1c1cccc(-c2ccccc2)c1. The van der Waals surface area contributed by atoms with Gasteiger partial charge in [0.1, 0.15) is 11.7 Å². The molecule has 1 atom stereocenters. The molecule has 4 heteroatoms. The summed E-state index contributed by atoms with van der Waals surface area (Å²) in [5, 5.41) is 8.40. The summed E-state index contributed by atoms with van der Waals surface area (Å²) in [5.74, 6) is 0. The number of benzene rings is 7. The van der Waals surface area contributed by atoms with Crippen molar-refractivity contribution in [2.45, 2.75) is 6.17 Å². The maximum Gasteiger partial charge on any atom is 0.159 e. The third-order valence-electron chi connectivity index (χ3n) is 9.83. The molecular formula is C46H31N3O. The third-order valence-corrected chi connectivity index (χ3v) is 9.83. The molecule has 7 aromatic carbocycles. The number of aromatic nitrogens is 1. The molecule has 0 bridgehead atoms. The Morgan fingerprint density at radius 2 is 1.16 bits per heavy atom. The molecular weight excluding hydrogens is 611 g/mol. The molecule has 236 valence electrons. The van der Waals surface area contributed by atoms with Gasteiger partial charge in [0.25, 0.3) is 0 Å². The molecule has 1 unspecified atom stereocenters. The van der Waals surface area contributed by atoms with Gasteiger partial charge in [0.2, 0.25) is 0 Å². The fourth-order valence-electron chi connectivity index (χ4n) is 7.45. The number of allylic oxidation sites excluding steroid dienone is 1. The molecule has 50 heavy (non-hydrogen) atoms. The average Bonchev–Trinajstić information content (AvgIpc) is 3.74. The summed E-state index contributed by atoms with van der Waals surface area (Å²) in [5.41, 5.74) is 12.7. The van der Waals surface area contributed by atoms with Gasteiger partial charge in [-0.2, -0.15) is 0 Å². The highest BCUT2D eigenvalue weighted by Crippen LogP contribution is 2.39. The lowest BCUT2D eigenvalue weighted by Gasteiger charge is -2.25. The predicted molar refractivity (Wildman–Crippen MR) is 207 cm³/mol. The van der Waals surface area contributed by atoms with Crippen LogP contribution < -0.4 is 5.32 Å². The van der Waals surface area contributed by atoms with Crippen molar-refractivity contribution in [1.29, 1.82) is 0 Å². The van der Waals surface area contributed by atoms with Crippen molar-refractivity contribution in [3.05, 3.63) is 193 Å². The molecule has 0 fully saturated rings. The first kappa shape index (κ1) is 28.4. The predicted octanol–water partition coefficient (Wildman–Crippen LogP) is 11.5. The van der Waals surface area contributed by atoms with E-state index in [2.05, 4.69) is 174 Å². The van der Waals surface area contributed by atoms with E-state index in [1.165, 1.54) is 21.9 Å². The lowest BCUT2D eigenvalue weighted by atomic mass is 9.98. The minimum atomic E-state index is -0.302. The molecule has 9 aromatic rings. The number of fused-ring (bicyclic) bond motifs is 6. The standard InChI is InChI=1S/C46H31N3O/c1-3-13-30(14-4-1)32-17-11-18-33(27-32)40-29-39(31-15-5-2-6-16-31)47-46(48-40)34-25-26-36-35-19-7-9-22-41(35)49(43(36)28-34)42-23-12-21-38-37-20-8-10-24-44(37)50-45(38)42/h1-29,46-47H. The van der Waals surface area contributed by atoms with Crippen molar-refractivity contribution in [2.24, 2.45) is 4.99 Å². The Morgan fingerprint density at radius 3 is 2.02 bits per heavy atom. The summed E-state index contributed by atoms with van der Waals surface area (Å²) in [6.45, 7) is 0. The first-order valence-corrected chi connectivity index (χ1v) is 17.0. The van der Waals surface area contributed by atoms with Crippen molar-refractivity contribution in [3.63, 3.8) is 0 Å². The Morgan fingerprint density at radius 1 is 0.500 bits per heavy atom. The van der Waals surface area contributed by atoms with E-state index in [4.69, 9.17) is 9.41 Å². The molecule has 1 aliphatic rings. The van der Waals surface area contributed by atoms with Crippen LogP contribution in [-0.2, 0) is 0 Å². The number of furan rings is 1. The maximum atomic E-state index is 6.56. The molecule has 0 aliphatic carbocycles. The van der Waals surface area contributed by atoms with E-state index in [1.807, 2.05) is 12.1 Å². The zero-order chi connectivity index (χ0) is 33.0. The Kier molecular flexibility index (Phi) is 6.53. The Hall–Kier alpha value is -6.65. The number of nitrogens with zero attached hydrogens (tertiary/aromatic N) is 2. The van der Waals surface area contributed by atoms with Crippen LogP contribution in [0.2, 0.25) is 0 Å². The molecule has 2 aromatic heterocycles. The van der Waals surface area contributed by atoms with Crippen LogP contribution >= 0.6 is 0 Å². The van der Waals surface area contributed by atoms with Crippen LogP contribution in [0, 0.1) is 0 Å². The van der Waals surface area contributed by atoms with Crippen LogP contribution in [0.5, 0.6) is 0 Å². The van der Waals surface area contributed by atoms with E-state index >= 15 is 0 Å². The number of aliphatic imine (C=N–C) groups is 1. The van der Waals surface area contributed by atoms with E-state index in [1.54, 1.807) is 0 Å². The second kappa shape index (κ2) is 11.5. The van der Waals surface area contributed by atoms with Crippen molar-refractivity contribution in [1.82, 2.24) is 9.88 Å². The largest absolute Gasteiger partial charge is 0.454 e. The quantitative estimate of drug-likeness (QED) is 0.203. The third kappa shape index (κ3) is 4.65. The van der Waals surface area contributed by atoms with Gasteiger partial charge < -0.3 is 14.3 Å². The minimum Gasteiger partial charge on any atom is -0.454 e. The molecule has 1 N–H and O–H groups in total. The van der Waals surface area contributed by atoms with Gasteiger partial charge >= 0.3 is 0 Å². The van der Waals surface area contributed by atoms with Gasteiger partial charge in [-0.1, -0.05) is 140 Å². The molecule has 0 saturated heterocycles. The monoisotopic (exact) mass is 641 g/mol. The lowest BCUT2D eigenvalue weighted by Crippen LogP contribution is -2.24. The molecule has 3 heterocycles. The molecule has 0 spiro atoms. The second-order valence-electron chi connectivity index (χ2n) is 12.8. The Balaban J connectivity index is 1.16. The lowest BCUT2D eigenvalue weighted by molar-refractivity contribution is 0.664. The van der Waals surface area contributed by atoms with Crippen LogP contribution in [0.25, 0.3) is 66.3 Å². The summed E-state index contributed by atoms with van der Waals surface area (Å²) < 4.78 is 8.91. The topological polar surface area (TPSA) is 42.5 Å². The average molecular weight is 642 g/mol. The fraction of sp³-hybridized carbons (Fsp3) is 0.0217. The zero-order valence-corrected chi connectivity index (χ0v) is 27.1. The van der Waals surface area contributed by atoms with Crippen LogP contribution in [0.3, 0.4) is 0 Å². The first-order chi connectivity index (χ1) is 24.8. The number of hydrogen-bond donors (Lipinski definition) is 1. The van der Waals surface area contributed by atoms with Crippen molar-refractivity contribution in [2.75, 3.05) is 0 Å². The highest BCUT2D eigenvalue weighted by atomic mass is 16.3. The Labute approximate surface area is 289 Å². The molecule has 0 radical (unpaired) electrons. The number of rotatable bonds is 5. The van der Waals surface area contributed by atoms with Crippen LogP contribution in [-0.4, -0.2) is 10.3 Å². The van der Waals surface area contributed by atoms with Gasteiger partial charge in [0, 0.05) is 32.8 Å². The summed E-state index contributed by atoms with van der Waals surface area (Å²) in [7, 11) is 0. The van der Waals surface area contributed by atoms with E-state index in [9.17, 15) is 0 Å². The summed E-state index contributed by atoms with van der Waals surface area (Å²) in [6, 6.07) is 59.8. The normalized spacial score (nSPS) is 14.6. The van der Waals surface area contributed by atoms with E-state index in [0.29, 0.717) is 0 Å². The number of nitrogens with one attached hydrogen (secondary N) is 1. The zero-order valence-electron chi connectivity index (χ0n) is 27.1. The molecule has 1 aliphatic heterocycles. The van der Waals surface area contributed by atoms with Gasteiger partial charge in [0.05, 0.1) is 22.4 Å². The van der Waals surface area contributed by atoms with E-state index in [0.717, 1.165) is 66.8 Å². The molecule has 10 rings (SSSR count). The highest BCUT2D eigenvalue weighted by molar-refractivity contribution is 6.14. The van der Waals surface area contributed by atoms with E-state index < -0.39 is 0 Å². The highest BCUT2D eigenvalue weighted by Gasteiger charge is 2.23. The van der Waals surface area contributed by atoms with Crippen LogP contribution in [0.1, 0.15) is 22.9 Å². The Bertz CT molecular complexity index is 2790. The first-order valence-electron chi connectivity index (χ1n) is 17.0. The molecule has 4 nitrogen and oxygen atoms in total. The van der Waals surface area contributed by atoms with Crippen LogP contribution in [0.15, 0.2) is 185 Å². The molecule has 0 amide bonds. The number of hydrogen-bond acceptors (Lipinski definition) is 3. The van der Waals surface area contributed by atoms with Crippen LogP contribution in [0.4, 0.5) is 0 Å². The van der Waals surface area contributed by atoms with Crippen molar-refractivity contribution < 1.29 is 4.42 Å². The van der Waals surface area contributed by atoms with Gasteiger partial charge in [-0.3, -0.25) is 4.99 Å². The van der Waals surface area contributed by atoms with Gasteiger partial charge in [-0.15, -0.1) is 0 Å². The van der Waals surface area contributed by atoms with Gasteiger partial charge in [-0.05, 0) is 58.7 Å². The second-order valence-corrected chi connectivity index (χ2v) is 12.8. The van der Waals surface area contributed by atoms with Crippen molar-refractivity contribution >= 4 is 55.2 Å². The minimum absolute atomic E-state index is 0.302. The van der Waals surface area contributed by atoms with Crippen molar-refractivity contribution in [3.8, 4) is 16.8 Å². The summed E-state index contributed by atoms with van der Waals surface area (Å²) in [6.07, 6.45) is 1.87. The fourth-order valence-corrected chi connectivity index (χ4v) is 7.45. The van der Waals surface area contributed by atoms with Gasteiger partial charge in [0.15, 0.2) is 5.58 Å². The molecule has 0 saturated carbocycles. The summed E-state index contributed by atoms with van der Waals surface area (Å²) in [4.78, 5) is 5.38.